The Kier molecular flexibility index (Phi) is 5.80. The molecule has 0 aliphatic heterocycles. The zero-order valence-electron chi connectivity index (χ0n) is 16.5. The third kappa shape index (κ3) is 4.52. The quantitative estimate of drug-likeness (QED) is 0.443. The van der Waals surface area contributed by atoms with Gasteiger partial charge in [-0.25, -0.2) is 9.67 Å². The molecule has 0 spiro atoms. The van der Waals surface area contributed by atoms with Gasteiger partial charge in [0, 0.05) is 11.6 Å². The summed E-state index contributed by atoms with van der Waals surface area (Å²) < 4.78 is 6.88. The van der Waals surface area contributed by atoms with Gasteiger partial charge in [-0.2, -0.15) is 5.10 Å². The topological polar surface area (TPSA) is 97.7 Å². The Hall–Kier alpha value is -3.59. The highest BCUT2D eigenvalue weighted by Crippen LogP contribution is 2.22. The number of nitrogens with zero attached hydrogens (tertiary/aromatic N) is 4. The number of aryl methyl sites for hydroxylation is 1. The molecule has 0 aliphatic carbocycles. The fourth-order valence-corrected chi connectivity index (χ4v) is 3.45. The van der Waals surface area contributed by atoms with Gasteiger partial charge in [0.15, 0.2) is 5.82 Å². The summed E-state index contributed by atoms with van der Waals surface area (Å²) in [5, 5.41) is 15.0. The number of nitrogens with one attached hydrogen (secondary N) is 2. The predicted octanol–water partition coefficient (Wildman–Crippen LogP) is 3.71. The molecule has 2 N–H and O–H groups in total. The number of aromatic nitrogens is 5. The summed E-state index contributed by atoms with van der Waals surface area (Å²) in [4.78, 5) is 16.9. The van der Waals surface area contributed by atoms with E-state index in [-0.39, 0.29) is 11.7 Å². The van der Waals surface area contributed by atoms with Crippen LogP contribution in [0.3, 0.4) is 0 Å². The van der Waals surface area contributed by atoms with E-state index in [1.54, 1.807) is 11.8 Å². The average Bonchev–Trinajstić information content (AvgIpc) is 3.39. The minimum absolute atomic E-state index is 0.159. The van der Waals surface area contributed by atoms with E-state index in [0.29, 0.717) is 16.8 Å². The van der Waals surface area contributed by atoms with Gasteiger partial charge in [-0.05, 0) is 43.3 Å². The van der Waals surface area contributed by atoms with Gasteiger partial charge in [0.05, 0.1) is 24.2 Å². The van der Waals surface area contributed by atoms with Crippen molar-refractivity contribution in [3.8, 4) is 22.8 Å². The van der Waals surface area contributed by atoms with E-state index in [2.05, 4.69) is 25.6 Å². The van der Waals surface area contributed by atoms with Gasteiger partial charge in [-0.15, -0.1) is 5.10 Å². The number of aromatic amines is 1. The summed E-state index contributed by atoms with van der Waals surface area (Å²) in [6.07, 6.45) is 0. The van der Waals surface area contributed by atoms with Crippen LogP contribution in [0, 0.1) is 6.92 Å². The maximum atomic E-state index is 12.5. The van der Waals surface area contributed by atoms with Gasteiger partial charge in [0.25, 0.3) is 0 Å². The van der Waals surface area contributed by atoms with Crippen LogP contribution in [0.2, 0.25) is 0 Å². The van der Waals surface area contributed by atoms with Crippen molar-refractivity contribution < 1.29 is 9.53 Å². The molecule has 0 unspecified atom stereocenters. The number of thioether (sulfide) groups is 1. The summed E-state index contributed by atoms with van der Waals surface area (Å²) in [5.41, 5.74) is 2.59. The number of carbonyl (C=O) groups excluding carboxylic acids is 1. The molecule has 0 bridgehead atoms. The molecule has 0 saturated heterocycles. The molecule has 2 aromatic heterocycles. The molecule has 0 saturated carbocycles. The van der Waals surface area contributed by atoms with E-state index in [0.717, 1.165) is 22.7 Å². The highest BCUT2D eigenvalue weighted by molar-refractivity contribution is 7.99. The first kappa shape index (κ1) is 19.7. The van der Waals surface area contributed by atoms with Crippen molar-refractivity contribution in [2.45, 2.75) is 12.1 Å². The summed E-state index contributed by atoms with van der Waals surface area (Å²) in [5.74, 6) is 2.05. The van der Waals surface area contributed by atoms with Gasteiger partial charge in [0.1, 0.15) is 11.6 Å². The molecule has 152 valence electrons. The first-order valence-electron chi connectivity index (χ1n) is 9.24. The molecule has 1 amide bonds. The van der Waals surface area contributed by atoms with Crippen LogP contribution >= 0.6 is 11.8 Å². The lowest BCUT2D eigenvalue weighted by Gasteiger charge is -2.08. The number of benzene rings is 2. The minimum atomic E-state index is -0.159. The van der Waals surface area contributed by atoms with Crippen molar-refractivity contribution in [1.82, 2.24) is 25.0 Å². The number of hydrogen-bond donors (Lipinski definition) is 2. The van der Waals surface area contributed by atoms with Crippen LogP contribution in [-0.2, 0) is 4.79 Å². The molecule has 0 aliphatic rings. The van der Waals surface area contributed by atoms with Gasteiger partial charge >= 0.3 is 0 Å². The van der Waals surface area contributed by atoms with Crippen molar-refractivity contribution in [2.24, 2.45) is 0 Å². The number of anilines is 1. The van der Waals surface area contributed by atoms with Crippen molar-refractivity contribution in [1.29, 1.82) is 0 Å². The molecule has 0 atom stereocenters. The van der Waals surface area contributed by atoms with Crippen LogP contribution in [0.1, 0.15) is 5.69 Å². The molecule has 4 rings (SSSR count). The van der Waals surface area contributed by atoms with Gasteiger partial charge in [0.2, 0.25) is 11.1 Å². The Morgan fingerprint density at radius 2 is 1.93 bits per heavy atom. The Labute approximate surface area is 177 Å². The normalized spacial score (nSPS) is 10.7. The highest BCUT2D eigenvalue weighted by Gasteiger charge is 2.13. The number of hydrogen-bond acceptors (Lipinski definition) is 6. The highest BCUT2D eigenvalue weighted by atomic mass is 32.2. The second-order valence-electron chi connectivity index (χ2n) is 6.45. The minimum Gasteiger partial charge on any atom is -0.497 e. The molecule has 8 nitrogen and oxygen atoms in total. The SMILES string of the molecule is COc1ccc(-c2nc(SCC(=O)Nc3cc(C)nn3-c3ccccc3)n[nH]2)cc1. The van der Waals surface area contributed by atoms with Crippen molar-refractivity contribution in [2.75, 3.05) is 18.2 Å². The molecule has 2 aromatic carbocycles. The second-order valence-corrected chi connectivity index (χ2v) is 7.39. The van der Waals surface area contributed by atoms with E-state index >= 15 is 0 Å². The van der Waals surface area contributed by atoms with Crippen molar-refractivity contribution in [3.05, 3.63) is 66.4 Å². The number of amides is 1. The smallest absolute Gasteiger partial charge is 0.236 e. The van der Waals surface area contributed by atoms with Gasteiger partial charge < -0.3 is 10.1 Å². The maximum absolute atomic E-state index is 12.5. The van der Waals surface area contributed by atoms with Gasteiger partial charge in [-0.3, -0.25) is 9.89 Å². The largest absolute Gasteiger partial charge is 0.497 e. The fraction of sp³-hybridized carbons (Fsp3) is 0.143. The fourth-order valence-electron chi connectivity index (χ4n) is 2.85. The third-order valence-corrected chi connectivity index (χ3v) is 5.11. The molecule has 2 heterocycles. The number of para-hydroxylation sites is 1. The summed E-state index contributed by atoms with van der Waals surface area (Å²) in [7, 11) is 1.62. The standard InChI is InChI=1S/C21H20N6O2S/c1-14-12-18(27(26-14)16-6-4-3-5-7-16)22-19(28)13-30-21-23-20(24-25-21)15-8-10-17(29-2)11-9-15/h3-12H,13H2,1-2H3,(H,22,28)(H,23,24,25). The molecule has 30 heavy (non-hydrogen) atoms. The van der Waals surface area contributed by atoms with Crippen LogP contribution in [0.25, 0.3) is 17.1 Å². The number of rotatable bonds is 7. The monoisotopic (exact) mass is 420 g/mol. The lowest BCUT2D eigenvalue weighted by atomic mass is 10.2. The Balaban J connectivity index is 1.39. The average molecular weight is 420 g/mol. The van der Waals surface area contributed by atoms with E-state index in [4.69, 9.17) is 4.74 Å². The zero-order valence-corrected chi connectivity index (χ0v) is 17.3. The van der Waals surface area contributed by atoms with E-state index in [9.17, 15) is 4.79 Å². The molecule has 0 radical (unpaired) electrons. The van der Waals surface area contributed by atoms with Crippen molar-refractivity contribution in [3.63, 3.8) is 0 Å². The maximum Gasteiger partial charge on any atom is 0.236 e. The molecule has 0 fully saturated rings. The molecule has 4 aromatic rings. The van der Waals surface area contributed by atoms with E-state index in [1.807, 2.05) is 67.6 Å². The Morgan fingerprint density at radius 1 is 1.17 bits per heavy atom. The first-order chi connectivity index (χ1) is 14.6. The summed E-state index contributed by atoms with van der Waals surface area (Å²) >= 11 is 1.26. The summed E-state index contributed by atoms with van der Waals surface area (Å²) in [6.45, 7) is 1.89. The first-order valence-corrected chi connectivity index (χ1v) is 10.2. The number of H-pyrrole nitrogens is 1. The number of carbonyl (C=O) groups is 1. The van der Waals surface area contributed by atoms with Crippen LogP contribution < -0.4 is 10.1 Å². The number of ether oxygens (including phenoxy) is 1. The molecular formula is C21H20N6O2S. The van der Waals surface area contributed by atoms with Crippen molar-refractivity contribution >= 4 is 23.5 Å². The number of methoxy groups -OCH3 is 1. The van der Waals surface area contributed by atoms with Crippen LogP contribution in [0.15, 0.2) is 65.8 Å². The zero-order chi connectivity index (χ0) is 20.9. The molecule has 9 heteroatoms. The second kappa shape index (κ2) is 8.83. The lowest BCUT2D eigenvalue weighted by molar-refractivity contribution is -0.113. The van der Waals surface area contributed by atoms with E-state index < -0.39 is 0 Å². The van der Waals surface area contributed by atoms with Crippen LogP contribution in [0.5, 0.6) is 5.75 Å². The Morgan fingerprint density at radius 3 is 2.67 bits per heavy atom. The van der Waals surface area contributed by atoms with Crippen LogP contribution in [-0.4, -0.2) is 43.7 Å². The lowest BCUT2D eigenvalue weighted by Crippen LogP contribution is -2.17. The predicted molar refractivity (Wildman–Crippen MR) is 116 cm³/mol. The third-order valence-electron chi connectivity index (χ3n) is 4.26. The van der Waals surface area contributed by atoms with Crippen LogP contribution in [0.4, 0.5) is 5.82 Å². The van der Waals surface area contributed by atoms with E-state index in [1.165, 1.54) is 11.8 Å². The Bertz CT molecular complexity index is 1140. The summed E-state index contributed by atoms with van der Waals surface area (Å²) in [6, 6.07) is 19.0. The molecular weight excluding hydrogens is 400 g/mol. The van der Waals surface area contributed by atoms with Gasteiger partial charge in [-0.1, -0.05) is 30.0 Å².